The molecule has 3 aromatic carbocycles. The number of fused-ring (bicyclic) bond motifs is 1. The van der Waals surface area contributed by atoms with Gasteiger partial charge in [-0.2, -0.15) is 0 Å². The molecule has 1 heterocycles. The summed E-state index contributed by atoms with van der Waals surface area (Å²) in [6.07, 6.45) is 0. The first-order valence-electron chi connectivity index (χ1n) is 10.1. The van der Waals surface area contributed by atoms with Gasteiger partial charge in [0.15, 0.2) is 11.5 Å². The summed E-state index contributed by atoms with van der Waals surface area (Å²) in [5.74, 6) is 1.88. The summed E-state index contributed by atoms with van der Waals surface area (Å²) in [5.41, 5.74) is 4.03. The van der Waals surface area contributed by atoms with Crippen LogP contribution in [0.25, 0.3) is 11.0 Å². The number of aromatic nitrogens is 3. The Kier molecular flexibility index (Phi) is 6.21. The zero-order valence-electron chi connectivity index (χ0n) is 18.2. The Bertz CT molecular complexity index is 1230. The smallest absolute Gasteiger partial charge is 0.251 e. The number of rotatable bonds is 8. The summed E-state index contributed by atoms with van der Waals surface area (Å²) in [6, 6.07) is 18.7. The molecule has 1 amide bonds. The molecule has 1 N–H and O–H groups in total. The Balaban J connectivity index is 1.45. The van der Waals surface area contributed by atoms with Crippen LogP contribution in [0.1, 0.15) is 21.5 Å². The van der Waals surface area contributed by atoms with E-state index in [1.54, 1.807) is 33.5 Å². The van der Waals surface area contributed by atoms with E-state index in [-0.39, 0.29) is 5.91 Å². The summed E-state index contributed by atoms with van der Waals surface area (Å²) < 4.78 is 17.6. The molecule has 0 fully saturated rings. The number of carbonyl (C=O) groups excluding carboxylic acids is 1. The molecular weight excluding hydrogens is 408 g/mol. The van der Waals surface area contributed by atoms with Crippen molar-refractivity contribution in [3.63, 3.8) is 0 Å². The van der Waals surface area contributed by atoms with Gasteiger partial charge < -0.3 is 19.5 Å². The molecule has 0 saturated heterocycles. The van der Waals surface area contributed by atoms with E-state index < -0.39 is 0 Å². The maximum atomic E-state index is 12.7. The van der Waals surface area contributed by atoms with Crippen LogP contribution in [-0.2, 0) is 13.1 Å². The zero-order chi connectivity index (χ0) is 22.5. The summed E-state index contributed by atoms with van der Waals surface area (Å²) in [5, 5.41) is 11.4. The summed E-state index contributed by atoms with van der Waals surface area (Å²) in [6.45, 7) is 0.937. The standard InChI is InChI=1S/C24H24N4O4/c1-30-19-8-4-16(5-9-19)15-28-21-10-7-18(13-20(21)26-27-28)24(29)25-14-17-6-11-22(31-2)23(12-17)32-3/h4-13H,14-15H2,1-3H3,(H,25,29). The van der Waals surface area contributed by atoms with Crippen molar-refractivity contribution < 1.29 is 19.0 Å². The fourth-order valence-electron chi connectivity index (χ4n) is 3.41. The number of carbonyl (C=O) groups is 1. The van der Waals surface area contributed by atoms with Crippen LogP contribution in [0.5, 0.6) is 17.2 Å². The molecule has 32 heavy (non-hydrogen) atoms. The molecule has 4 aromatic rings. The van der Waals surface area contributed by atoms with E-state index in [1.807, 2.05) is 53.2 Å². The number of nitrogens with zero attached hydrogens (tertiary/aromatic N) is 3. The topological polar surface area (TPSA) is 87.5 Å². The van der Waals surface area contributed by atoms with Gasteiger partial charge in [-0.15, -0.1) is 5.10 Å². The maximum absolute atomic E-state index is 12.7. The minimum atomic E-state index is -0.189. The molecule has 0 atom stereocenters. The van der Waals surface area contributed by atoms with Crippen molar-refractivity contribution in [2.75, 3.05) is 21.3 Å². The van der Waals surface area contributed by atoms with Crippen LogP contribution in [0.15, 0.2) is 60.7 Å². The van der Waals surface area contributed by atoms with Crippen molar-refractivity contribution in [3.8, 4) is 17.2 Å². The molecule has 8 nitrogen and oxygen atoms in total. The molecule has 0 spiro atoms. The van der Waals surface area contributed by atoms with Crippen LogP contribution >= 0.6 is 0 Å². The molecule has 0 aliphatic rings. The second-order valence-electron chi connectivity index (χ2n) is 7.17. The lowest BCUT2D eigenvalue weighted by Gasteiger charge is -2.10. The van der Waals surface area contributed by atoms with Gasteiger partial charge >= 0.3 is 0 Å². The Morgan fingerprint density at radius 3 is 2.34 bits per heavy atom. The van der Waals surface area contributed by atoms with Gasteiger partial charge in [0.05, 0.1) is 33.4 Å². The van der Waals surface area contributed by atoms with Crippen molar-refractivity contribution in [2.24, 2.45) is 0 Å². The summed E-state index contributed by atoms with van der Waals surface area (Å²) in [7, 11) is 4.81. The van der Waals surface area contributed by atoms with Gasteiger partial charge in [0.1, 0.15) is 11.3 Å². The molecule has 0 aliphatic carbocycles. The highest BCUT2D eigenvalue weighted by Crippen LogP contribution is 2.27. The van der Waals surface area contributed by atoms with Crippen molar-refractivity contribution in [2.45, 2.75) is 13.1 Å². The highest BCUT2D eigenvalue weighted by atomic mass is 16.5. The minimum absolute atomic E-state index is 0.189. The number of benzene rings is 3. The SMILES string of the molecule is COc1ccc(Cn2nnc3cc(C(=O)NCc4ccc(OC)c(OC)c4)ccc32)cc1. The number of methoxy groups -OCH3 is 3. The maximum Gasteiger partial charge on any atom is 0.251 e. The number of nitrogens with one attached hydrogen (secondary N) is 1. The predicted octanol–water partition coefficient (Wildman–Crippen LogP) is 3.44. The quantitative estimate of drug-likeness (QED) is 0.459. The molecular formula is C24H24N4O4. The van der Waals surface area contributed by atoms with E-state index in [2.05, 4.69) is 15.6 Å². The van der Waals surface area contributed by atoms with Crippen LogP contribution in [0.3, 0.4) is 0 Å². The molecule has 0 radical (unpaired) electrons. The highest BCUT2D eigenvalue weighted by molar-refractivity contribution is 5.97. The molecule has 0 aliphatic heterocycles. The van der Waals surface area contributed by atoms with E-state index >= 15 is 0 Å². The molecule has 0 saturated carbocycles. The lowest BCUT2D eigenvalue weighted by Crippen LogP contribution is -2.22. The predicted molar refractivity (Wildman–Crippen MR) is 120 cm³/mol. The van der Waals surface area contributed by atoms with E-state index in [9.17, 15) is 4.79 Å². The third kappa shape index (κ3) is 4.49. The van der Waals surface area contributed by atoms with Gasteiger partial charge in [-0.3, -0.25) is 4.79 Å². The van der Waals surface area contributed by atoms with E-state index in [0.29, 0.717) is 35.7 Å². The van der Waals surface area contributed by atoms with Gasteiger partial charge in [0.25, 0.3) is 5.91 Å². The van der Waals surface area contributed by atoms with Gasteiger partial charge in [0, 0.05) is 12.1 Å². The Morgan fingerprint density at radius 1 is 0.875 bits per heavy atom. The van der Waals surface area contributed by atoms with E-state index in [1.165, 1.54) is 0 Å². The van der Waals surface area contributed by atoms with Crippen LogP contribution in [0, 0.1) is 0 Å². The lowest BCUT2D eigenvalue weighted by molar-refractivity contribution is 0.0951. The number of hydrogen-bond donors (Lipinski definition) is 1. The van der Waals surface area contributed by atoms with E-state index in [0.717, 1.165) is 22.4 Å². The first-order chi connectivity index (χ1) is 15.6. The average Bonchev–Trinajstić information content (AvgIpc) is 3.24. The third-order valence-electron chi connectivity index (χ3n) is 5.17. The van der Waals surface area contributed by atoms with Gasteiger partial charge in [-0.05, 0) is 53.6 Å². The Labute approximate surface area is 185 Å². The number of ether oxygens (including phenoxy) is 3. The molecule has 0 unspecified atom stereocenters. The number of amides is 1. The zero-order valence-corrected chi connectivity index (χ0v) is 18.2. The Hall–Kier alpha value is -4.07. The second-order valence-corrected chi connectivity index (χ2v) is 7.17. The molecule has 164 valence electrons. The highest BCUT2D eigenvalue weighted by Gasteiger charge is 2.12. The van der Waals surface area contributed by atoms with Crippen LogP contribution in [0.4, 0.5) is 0 Å². The van der Waals surface area contributed by atoms with Crippen LogP contribution in [0.2, 0.25) is 0 Å². The van der Waals surface area contributed by atoms with Gasteiger partial charge in [-0.25, -0.2) is 4.68 Å². The normalized spacial score (nSPS) is 10.7. The van der Waals surface area contributed by atoms with Crippen molar-refractivity contribution in [1.29, 1.82) is 0 Å². The van der Waals surface area contributed by atoms with E-state index in [4.69, 9.17) is 14.2 Å². The average molecular weight is 432 g/mol. The van der Waals surface area contributed by atoms with Crippen LogP contribution < -0.4 is 19.5 Å². The first-order valence-corrected chi connectivity index (χ1v) is 10.1. The van der Waals surface area contributed by atoms with Crippen molar-refractivity contribution in [1.82, 2.24) is 20.3 Å². The van der Waals surface area contributed by atoms with Crippen molar-refractivity contribution in [3.05, 3.63) is 77.4 Å². The fourth-order valence-corrected chi connectivity index (χ4v) is 3.41. The fraction of sp³-hybridized carbons (Fsp3) is 0.208. The lowest BCUT2D eigenvalue weighted by atomic mass is 10.1. The first kappa shape index (κ1) is 21.2. The second kappa shape index (κ2) is 9.38. The van der Waals surface area contributed by atoms with Gasteiger partial charge in [0.2, 0.25) is 0 Å². The Morgan fingerprint density at radius 2 is 1.62 bits per heavy atom. The molecule has 0 bridgehead atoms. The number of hydrogen-bond acceptors (Lipinski definition) is 6. The molecule has 8 heteroatoms. The van der Waals surface area contributed by atoms with Gasteiger partial charge in [-0.1, -0.05) is 23.4 Å². The largest absolute Gasteiger partial charge is 0.497 e. The van der Waals surface area contributed by atoms with Crippen LogP contribution in [-0.4, -0.2) is 42.2 Å². The summed E-state index contributed by atoms with van der Waals surface area (Å²) >= 11 is 0. The summed E-state index contributed by atoms with van der Waals surface area (Å²) in [4.78, 5) is 12.7. The minimum Gasteiger partial charge on any atom is -0.497 e. The molecule has 1 aromatic heterocycles. The molecule has 4 rings (SSSR count). The monoisotopic (exact) mass is 432 g/mol. The third-order valence-corrected chi connectivity index (χ3v) is 5.17. The van der Waals surface area contributed by atoms with Crippen molar-refractivity contribution >= 4 is 16.9 Å².